The summed E-state index contributed by atoms with van der Waals surface area (Å²) in [4.78, 5) is 16.4. The Kier molecular flexibility index (Phi) is 5.40. The first-order chi connectivity index (χ1) is 12.2. The molecule has 0 radical (unpaired) electrons. The maximum Gasteiger partial charge on any atom is 0.344 e. The van der Waals surface area contributed by atoms with Gasteiger partial charge in [0.05, 0.1) is 18.0 Å². The molecule has 3 rings (SSSR count). The number of nitrogens with one attached hydrogen (secondary N) is 1. The van der Waals surface area contributed by atoms with Crippen molar-refractivity contribution in [1.82, 2.24) is 0 Å². The van der Waals surface area contributed by atoms with Gasteiger partial charge in [-0.1, -0.05) is 30.0 Å². The van der Waals surface area contributed by atoms with Crippen molar-refractivity contribution >= 4 is 39.8 Å². The van der Waals surface area contributed by atoms with Crippen LogP contribution in [0.25, 0.3) is 0 Å². The predicted molar refractivity (Wildman–Crippen MR) is 102 cm³/mol. The van der Waals surface area contributed by atoms with Gasteiger partial charge in [-0.05, 0) is 43.3 Å². The number of esters is 1. The standard InChI is InChI=1S/C19H18N2O3S/c1-2-24-19(23)17-16(22)12-25-18(17)21-15-10-8-14(9-11-15)20-13-6-4-3-5-7-13/h3-11,20,22H,2,12H2,1H3. The summed E-state index contributed by atoms with van der Waals surface area (Å²) in [5.74, 6) is -0.184. The first kappa shape index (κ1) is 17.1. The van der Waals surface area contributed by atoms with Crippen LogP contribution in [-0.2, 0) is 9.53 Å². The number of nitrogens with zero attached hydrogens (tertiary/aromatic N) is 1. The van der Waals surface area contributed by atoms with Gasteiger partial charge in [-0.2, -0.15) is 0 Å². The molecule has 2 aromatic rings. The largest absolute Gasteiger partial charge is 0.510 e. The van der Waals surface area contributed by atoms with E-state index in [2.05, 4.69) is 10.3 Å². The Balaban J connectivity index is 1.76. The van der Waals surface area contributed by atoms with Gasteiger partial charge in [0.2, 0.25) is 0 Å². The van der Waals surface area contributed by atoms with E-state index in [0.29, 0.717) is 16.5 Å². The minimum absolute atomic E-state index is 0.0181. The monoisotopic (exact) mass is 354 g/mol. The van der Waals surface area contributed by atoms with Crippen molar-refractivity contribution in [3.63, 3.8) is 0 Å². The Bertz CT molecular complexity index is 814. The Morgan fingerprint density at radius 2 is 1.84 bits per heavy atom. The molecule has 0 unspecified atom stereocenters. The average molecular weight is 354 g/mol. The smallest absolute Gasteiger partial charge is 0.344 e. The fraction of sp³-hybridized carbons (Fsp3) is 0.158. The summed E-state index contributed by atoms with van der Waals surface area (Å²) < 4.78 is 4.99. The molecule has 25 heavy (non-hydrogen) atoms. The zero-order valence-corrected chi connectivity index (χ0v) is 14.5. The first-order valence-corrected chi connectivity index (χ1v) is 8.89. The lowest BCUT2D eigenvalue weighted by atomic mass is 10.2. The van der Waals surface area contributed by atoms with Crippen LogP contribution in [0.15, 0.2) is 70.9 Å². The van der Waals surface area contributed by atoms with Gasteiger partial charge in [0.15, 0.2) is 0 Å². The van der Waals surface area contributed by atoms with Crippen LogP contribution in [0.3, 0.4) is 0 Å². The number of aliphatic imine (C=N–C) groups is 1. The molecule has 0 aromatic heterocycles. The average Bonchev–Trinajstić information content (AvgIpc) is 2.98. The summed E-state index contributed by atoms with van der Waals surface area (Å²) in [6.07, 6.45) is 0. The summed E-state index contributed by atoms with van der Waals surface area (Å²) in [5, 5.41) is 13.7. The second-order valence-corrected chi connectivity index (χ2v) is 6.25. The molecule has 1 aliphatic heterocycles. The van der Waals surface area contributed by atoms with Crippen LogP contribution in [0.5, 0.6) is 0 Å². The van der Waals surface area contributed by atoms with Gasteiger partial charge in [-0.25, -0.2) is 9.79 Å². The van der Waals surface area contributed by atoms with Crippen molar-refractivity contribution in [3.05, 3.63) is 65.9 Å². The summed E-state index contributed by atoms with van der Waals surface area (Å²) in [5.41, 5.74) is 2.82. The highest BCUT2D eigenvalue weighted by Crippen LogP contribution is 2.30. The van der Waals surface area contributed by atoms with Crippen LogP contribution in [0.2, 0.25) is 0 Å². The van der Waals surface area contributed by atoms with Crippen molar-refractivity contribution < 1.29 is 14.6 Å². The van der Waals surface area contributed by atoms with Gasteiger partial charge in [0.1, 0.15) is 16.4 Å². The molecule has 5 nitrogen and oxygen atoms in total. The van der Waals surface area contributed by atoms with Crippen LogP contribution in [0.1, 0.15) is 6.92 Å². The van der Waals surface area contributed by atoms with E-state index in [1.165, 1.54) is 11.8 Å². The lowest BCUT2D eigenvalue weighted by Crippen LogP contribution is -2.12. The van der Waals surface area contributed by atoms with Gasteiger partial charge >= 0.3 is 5.97 Å². The molecule has 6 heteroatoms. The molecular weight excluding hydrogens is 336 g/mol. The third kappa shape index (κ3) is 4.22. The lowest BCUT2D eigenvalue weighted by Gasteiger charge is -2.07. The molecule has 0 bridgehead atoms. The molecule has 1 heterocycles. The van der Waals surface area contributed by atoms with E-state index >= 15 is 0 Å². The molecule has 0 atom stereocenters. The normalized spacial score (nSPS) is 15.5. The number of carbonyl (C=O) groups excluding carboxylic acids is 1. The third-order valence-electron chi connectivity index (χ3n) is 3.49. The van der Waals surface area contributed by atoms with Crippen LogP contribution in [-0.4, -0.2) is 28.5 Å². The highest BCUT2D eigenvalue weighted by atomic mass is 32.2. The highest BCUT2D eigenvalue weighted by Gasteiger charge is 2.29. The molecule has 2 aromatic carbocycles. The second kappa shape index (κ2) is 7.90. The first-order valence-electron chi connectivity index (χ1n) is 7.90. The van der Waals surface area contributed by atoms with E-state index in [1.807, 2.05) is 54.6 Å². The van der Waals surface area contributed by atoms with Crippen molar-refractivity contribution in [2.45, 2.75) is 6.92 Å². The summed E-state index contributed by atoms with van der Waals surface area (Å²) in [6, 6.07) is 17.4. The number of aliphatic hydroxyl groups is 1. The van der Waals surface area contributed by atoms with Gasteiger partial charge in [-0.15, -0.1) is 0 Å². The Morgan fingerprint density at radius 3 is 2.52 bits per heavy atom. The van der Waals surface area contributed by atoms with Crippen molar-refractivity contribution in [2.24, 2.45) is 4.99 Å². The van der Waals surface area contributed by atoms with E-state index in [1.54, 1.807) is 6.92 Å². The molecule has 0 aliphatic carbocycles. The lowest BCUT2D eigenvalue weighted by molar-refractivity contribution is -0.138. The molecule has 0 amide bonds. The zero-order valence-electron chi connectivity index (χ0n) is 13.7. The number of rotatable bonds is 5. The van der Waals surface area contributed by atoms with Crippen molar-refractivity contribution in [3.8, 4) is 0 Å². The maximum atomic E-state index is 12.0. The molecule has 128 valence electrons. The summed E-state index contributed by atoms with van der Waals surface area (Å²) in [7, 11) is 0. The molecule has 0 fully saturated rings. The molecule has 0 spiro atoms. The second-order valence-electron chi connectivity index (χ2n) is 5.29. The zero-order chi connectivity index (χ0) is 17.6. The number of thioether (sulfide) groups is 1. The predicted octanol–water partition coefficient (Wildman–Crippen LogP) is 4.58. The topological polar surface area (TPSA) is 70.9 Å². The van der Waals surface area contributed by atoms with E-state index < -0.39 is 5.97 Å². The summed E-state index contributed by atoms with van der Waals surface area (Å²) >= 11 is 1.32. The van der Waals surface area contributed by atoms with Gasteiger partial charge < -0.3 is 15.2 Å². The molecule has 0 saturated carbocycles. The van der Waals surface area contributed by atoms with Crippen molar-refractivity contribution in [2.75, 3.05) is 17.7 Å². The highest BCUT2D eigenvalue weighted by molar-refractivity contribution is 8.15. The Labute approximate surface area is 150 Å². The van der Waals surface area contributed by atoms with Crippen LogP contribution >= 0.6 is 11.8 Å². The number of anilines is 2. The third-order valence-corrected chi connectivity index (χ3v) is 4.47. The SMILES string of the molecule is CCOC(=O)C1=C(O)CSC1=Nc1ccc(Nc2ccccc2)cc1. The molecular formula is C19H18N2O3S. The van der Waals surface area contributed by atoms with Crippen LogP contribution in [0, 0.1) is 0 Å². The fourth-order valence-corrected chi connectivity index (χ4v) is 3.26. The summed E-state index contributed by atoms with van der Waals surface area (Å²) in [6.45, 7) is 1.99. The molecule has 1 aliphatic rings. The molecule has 0 saturated heterocycles. The number of para-hydroxylation sites is 1. The minimum atomic E-state index is -0.536. The van der Waals surface area contributed by atoms with Crippen LogP contribution < -0.4 is 5.32 Å². The van der Waals surface area contributed by atoms with E-state index in [9.17, 15) is 9.90 Å². The number of benzene rings is 2. The van der Waals surface area contributed by atoms with Crippen molar-refractivity contribution in [1.29, 1.82) is 0 Å². The van der Waals surface area contributed by atoms with E-state index in [0.717, 1.165) is 11.4 Å². The van der Waals surface area contributed by atoms with E-state index in [4.69, 9.17) is 4.74 Å². The Hall–Kier alpha value is -2.73. The number of hydrogen-bond acceptors (Lipinski definition) is 6. The minimum Gasteiger partial charge on any atom is -0.510 e. The maximum absolute atomic E-state index is 12.0. The van der Waals surface area contributed by atoms with Gasteiger partial charge in [0, 0.05) is 11.4 Å². The number of hydrogen-bond donors (Lipinski definition) is 2. The van der Waals surface area contributed by atoms with Gasteiger partial charge in [0.25, 0.3) is 0 Å². The van der Waals surface area contributed by atoms with E-state index in [-0.39, 0.29) is 17.9 Å². The molecule has 2 N–H and O–H groups in total. The number of ether oxygens (including phenoxy) is 1. The van der Waals surface area contributed by atoms with Crippen LogP contribution in [0.4, 0.5) is 17.1 Å². The quantitative estimate of drug-likeness (QED) is 0.769. The fourth-order valence-electron chi connectivity index (χ4n) is 2.33. The number of carbonyl (C=O) groups is 1. The number of aliphatic hydroxyl groups excluding tert-OH is 1. The van der Waals surface area contributed by atoms with Gasteiger partial charge in [-0.3, -0.25) is 0 Å². The Morgan fingerprint density at radius 1 is 1.16 bits per heavy atom.